The molecule has 0 saturated carbocycles. The highest BCUT2D eigenvalue weighted by Crippen LogP contribution is 2.21. The van der Waals surface area contributed by atoms with Crippen LogP contribution in [0, 0.1) is 10.1 Å². The van der Waals surface area contributed by atoms with Gasteiger partial charge in [0, 0.05) is 49.6 Å². The number of carbonyl (C=O) groups excluding carboxylic acids is 1. The number of non-ortho nitro benzene ring substituents is 1. The quantitative estimate of drug-likeness (QED) is 0.432. The average molecular weight is 435 g/mol. The Bertz CT molecular complexity index is 1090. The molecule has 10 heteroatoms. The summed E-state index contributed by atoms with van der Waals surface area (Å²) in [5.41, 5.74) is 3.08. The van der Waals surface area contributed by atoms with Crippen LogP contribution in [0.1, 0.15) is 25.3 Å². The molecule has 0 N–H and O–H groups in total. The third-order valence-electron chi connectivity index (χ3n) is 5.62. The third-order valence-corrected chi connectivity index (χ3v) is 5.62. The predicted molar refractivity (Wildman–Crippen MR) is 119 cm³/mol. The monoisotopic (exact) mass is 435 g/mol. The van der Waals surface area contributed by atoms with Gasteiger partial charge >= 0.3 is 0 Å². The lowest BCUT2D eigenvalue weighted by Gasteiger charge is -2.36. The molecule has 10 nitrogen and oxygen atoms in total. The Morgan fingerprint density at radius 1 is 1.03 bits per heavy atom. The van der Waals surface area contributed by atoms with E-state index in [2.05, 4.69) is 46.3 Å². The van der Waals surface area contributed by atoms with Crippen molar-refractivity contribution in [3.63, 3.8) is 0 Å². The summed E-state index contributed by atoms with van der Waals surface area (Å²) < 4.78 is 0. The maximum absolute atomic E-state index is 12.7. The van der Waals surface area contributed by atoms with Crippen molar-refractivity contribution in [1.82, 2.24) is 25.1 Å². The van der Waals surface area contributed by atoms with Gasteiger partial charge in [-0.15, -0.1) is 10.2 Å². The number of nitro groups is 1. The lowest BCUT2D eigenvalue weighted by atomic mass is 10.0. The molecule has 0 radical (unpaired) electrons. The van der Waals surface area contributed by atoms with Crippen molar-refractivity contribution < 1.29 is 9.72 Å². The van der Waals surface area contributed by atoms with Crippen LogP contribution in [0.4, 0.5) is 11.4 Å². The fourth-order valence-corrected chi connectivity index (χ4v) is 3.66. The number of nitro benzene ring substituents is 1. The predicted octanol–water partition coefficient (Wildman–Crippen LogP) is 2.72. The Morgan fingerprint density at radius 2 is 1.69 bits per heavy atom. The lowest BCUT2D eigenvalue weighted by molar-refractivity contribution is -0.384. The van der Waals surface area contributed by atoms with Crippen molar-refractivity contribution in [2.24, 2.45) is 0 Å². The number of amides is 1. The Balaban J connectivity index is 1.32. The minimum Gasteiger partial charge on any atom is -0.368 e. The van der Waals surface area contributed by atoms with Crippen molar-refractivity contribution >= 4 is 17.3 Å². The van der Waals surface area contributed by atoms with Crippen molar-refractivity contribution in [3.8, 4) is 11.4 Å². The van der Waals surface area contributed by atoms with Crippen molar-refractivity contribution in [2.45, 2.75) is 26.3 Å². The van der Waals surface area contributed by atoms with E-state index < -0.39 is 4.92 Å². The van der Waals surface area contributed by atoms with Gasteiger partial charge in [0.2, 0.25) is 11.7 Å². The van der Waals surface area contributed by atoms with Crippen LogP contribution >= 0.6 is 0 Å². The number of rotatable bonds is 6. The van der Waals surface area contributed by atoms with Gasteiger partial charge < -0.3 is 9.80 Å². The van der Waals surface area contributed by atoms with Crippen LogP contribution in [0.3, 0.4) is 0 Å². The molecule has 1 aromatic heterocycles. The molecule has 2 heterocycles. The van der Waals surface area contributed by atoms with Gasteiger partial charge in [-0.2, -0.15) is 4.80 Å². The molecule has 0 aliphatic carbocycles. The SMILES string of the molecule is CC(C)c1ccc(-c2nnn(CC(=O)N3CCN(c4ccc([N+](=O)[O-])cc4)CC3)n2)cc1. The number of carbonyl (C=O) groups is 1. The standard InChI is InChI=1S/C22H25N7O3/c1-16(2)17-3-5-18(6-4-17)22-23-25-28(24-22)15-21(30)27-13-11-26(12-14-27)19-7-9-20(10-8-19)29(31)32/h3-10,16H,11-15H2,1-2H3. The van der Waals surface area contributed by atoms with Gasteiger partial charge in [-0.25, -0.2) is 0 Å². The summed E-state index contributed by atoms with van der Waals surface area (Å²) in [6.07, 6.45) is 0. The highest BCUT2D eigenvalue weighted by Gasteiger charge is 2.22. The number of hydrogen-bond acceptors (Lipinski definition) is 7. The first-order valence-electron chi connectivity index (χ1n) is 10.6. The molecule has 1 fully saturated rings. The smallest absolute Gasteiger partial charge is 0.269 e. The number of nitrogens with zero attached hydrogens (tertiary/aromatic N) is 7. The van der Waals surface area contributed by atoms with Crippen LogP contribution in [-0.2, 0) is 11.3 Å². The van der Waals surface area contributed by atoms with Crippen LogP contribution in [0.15, 0.2) is 48.5 Å². The van der Waals surface area contributed by atoms with Crippen molar-refractivity contribution in [2.75, 3.05) is 31.1 Å². The summed E-state index contributed by atoms with van der Waals surface area (Å²) in [5.74, 6) is 0.884. The zero-order valence-corrected chi connectivity index (χ0v) is 18.1. The Kier molecular flexibility index (Phi) is 6.11. The molecule has 1 aliphatic rings. The molecule has 0 bridgehead atoms. The Hall–Kier alpha value is -3.82. The van der Waals surface area contributed by atoms with Crippen LogP contribution in [0.2, 0.25) is 0 Å². The number of tetrazole rings is 1. The lowest BCUT2D eigenvalue weighted by Crippen LogP contribution is -2.49. The summed E-state index contributed by atoms with van der Waals surface area (Å²) in [6, 6.07) is 14.5. The minimum atomic E-state index is -0.412. The fraction of sp³-hybridized carbons (Fsp3) is 0.364. The zero-order valence-electron chi connectivity index (χ0n) is 18.1. The first kappa shape index (κ1) is 21.4. The van der Waals surface area contributed by atoms with E-state index in [1.54, 1.807) is 17.0 Å². The van der Waals surface area contributed by atoms with Gasteiger partial charge in [-0.3, -0.25) is 14.9 Å². The molecule has 166 valence electrons. The number of benzene rings is 2. The maximum atomic E-state index is 12.7. The molecule has 0 unspecified atom stereocenters. The first-order chi connectivity index (χ1) is 15.4. The van der Waals surface area contributed by atoms with E-state index in [-0.39, 0.29) is 18.1 Å². The van der Waals surface area contributed by atoms with Gasteiger partial charge in [0.1, 0.15) is 6.54 Å². The minimum absolute atomic E-state index is 0.0363. The van der Waals surface area contributed by atoms with Crippen LogP contribution in [-0.4, -0.2) is 62.1 Å². The number of hydrogen-bond donors (Lipinski definition) is 0. The van der Waals surface area contributed by atoms with Crippen LogP contribution in [0.5, 0.6) is 0 Å². The maximum Gasteiger partial charge on any atom is 0.269 e. The number of aromatic nitrogens is 4. The van der Waals surface area contributed by atoms with Crippen molar-refractivity contribution in [3.05, 3.63) is 64.2 Å². The summed E-state index contributed by atoms with van der Waals surface area (Å²) >= 11 is 0. The molecule has 4 rings (SSSR count). The van der Waals surface area contributed by atoms with E-state index in [1.165, 1.54) is 22.5 Å². The van der Waals surface area contributed by atoms with E-state index >= 15 is 0 Å². The Labute approximate surface area is 185 Å². The van der Waals surface area contributed by atoms with Gasteiger partial charge in [0.25, 0.3) is 5.69 Å². The van der Waals surface area contributed by atoms with E-state index in [0.717, 1.165) is 11.3 Å². The van der Waals surface area contributed by atoms with Crippen LogP contribution < -0.4 is 4.90 Å². The normalized spacial score (nSPS) is 14.1. The average Bonchev–Trinajstić information content (AvgIpc) is 3.27. The number of piperazine rings is 1. The largest absolute Gasteiger partial charge is 0.368 e. The molecule has 0 spiro atoms. The van der Waals surface area contributed by atoms with E-state index in [9.17, 15) is 14.9 Å². The molecule has 2 aromatic carbocycles. The topological polar surface area (TPSA) is 110 Å². The fourth-order valence-electron chi connectivity index (χ4n) is 3.66. The molecular weight excluding hydrogens is 410 g/mol. The molecule has 3 aromatic rings. The summed E-state index contributed by atoms with van der Waals surface area (Å²) in [7, 11) is 0. The van der Waals surface area contributed by atoms with Gasteiger partial charge in [-0.05, 0) is 28.8 Å². The van der Waals surface area contributed by atoms with E-state index in [1.807, 2.05) is 12.1 Å². The van der Waals surface area contributed by atoms with E-state index in [0.29, 0.717) is 37.9 Å². The highest BCUT2D eigenvalue weighted by molar-refractivity contribution is 5.76. The highest BCUT2D eigenvalue weighted by atomic mass is 16.6. The molecule has 0 atom stereocenters. The first-order valence-corrected chi connectivity index (χ1v) is 10.6. The van der Waals surface area contributed by atoms with E-state index in [4.69, 9.17) is 0 Å². The zero-order chi connectivity index (χ0) is 22.7. The summed E-state index contributed by atoms with van der Waals surface area (Å²) in [5, 5.41) is 23.3. The number of anilines is 1. The third kappa shape index (κ3) is 4.74. The molecular formula is C22H25N7O3. The molecule has 1 aliphatic heterocycles. The summed E-state index contributed by atoms with van der Waals surface area (Å²) in [6.45, 7) is 6.75. The van der Waals surface area contributed by atoms with Gasteiger partial charge in [-0.1, -0.05) is 38.1 Å². The second-order valence-electron chi connectivity index (χ2n) is 8.06. The second-order valence-corrected chi connectivity index (χ2v) is 8.06. The second kappa shape index (κ2) is 9.13. The van der Waals surface area contributed by atoms with Gasteiger partial charge in [0.15, 0.2) is 0 Å². The summed E-state index contributed by atoms with van der Waals surface area (Å²) in [4.78, 5) is 28.3. The van der Waals surface area contributed by atoms with Crippen LogP contribution in [0.25, 0.3) is 11.4 Å². The van der Waals surface area contributed by atoms with Crippen molar-refractivity contribution in [1.29, 1.82) is 0 Å². The van der Waals surface area contributed by atoms with Gasteiger partial charge in [0.05, 0.1) is 4.92 Å². The molecule has 32 heavy (non-hydrogen) atoms. The molecule has 1 saturated heterocycles. The molecule has 1 amide bonds. The Morgan fingerprint density at radius 3 is 2.28 bits per heavy atom.